The number of likely N-dealkylation sites (tertiary alicyclic amines) is 1. The van der Waals surface area contributed by atoms with Gasteiger partial charge in [0.15, 0.2) is 5.69 Å². The minimum atomic E-state index is -0.100. The van der Waals surface area contributed by atoms with Crippen molar-refractivity contribution in [2.24, 2.45) is 0 Å². The summed E-state index contributed by atoms with van der Waals surface area (Å²) in [4.78, 5) is 16.8. The van der Waals surface area contributed by atoms with E-state index in [4.69, 9.17) is 0 Å². The zero-order valence-electron chi connectivity index (χ0n) is 18.7. The molecular formula is C24H34N6O. The van der Waals surface area contributed by atoms with Gasteiger partial charge in [0.05, 0.1) is 6.20 Å². The summed E-state index contributed by atoms with van der Waals surface area (Å²) in [5.74, 6) is -0.100. The molecule has 166 valence electrons. The summed E-state index contributed by atoms with van der Waals surface area (Å²) >= 11 is 0. The predicted molar refractivity (Wildman–Crippen MR) is 124 cm³/mol. The Bertz CT molecular complexity index is 884. The smallest absolute Gasteiger partial charge is 0.273 e. The molecule has 7 nitrogen and oxygen atoms in total. The molecule has 2 heterocycles. The summed E-state index contributed by atoms with van der Waals surface area (Å²) in [6.45, 7) is 2.90. The van der Waals surface area contributed by atoms with Gasteiger partial charge >= 0.3 is 0 Å². The normalized spacial score (nSPS) is 19.6. The first-order valence-electron chi connectivity index (χ1n) is 11.5. The molecule has 1 aromatic heterocycles. The molecule has 2 aromatic rings. The number of aromatic nitrogens is 3. The van der Waals surface area contributed by atoms with Crippen molar-refractivity contribution >= 4 is 17.7 Å². The van der Waals surface area contributed by atoms with Crippen LogP contribution < -0.4 is 10.2 Å². The van der Waals surface area contributed by atoms with Gasteiger partial charge in [-0.15, -0.1) is 5.10 Å². The number of amides is 1. The Morgan fingerprint density at radius 2 is 2.00 bits per heavy atom. The minimum absolute atomic E-state index is 0.100. The number of hydrogen-bond acceptors (Lipinski definition) is 5. The van der Waals surface area contributed by atoms with Crippen LogP contribution in [0.4, 0.5) is 5.69 Å². The minimum Gasteiger partial charge on any atom is -0.378 e. The van der Waals surface area contributed by atoms with Gasteiger partial charge in [-0.05, 0) is 56.3 Å². The second kappa shape index (κ2) is 10.1. The lowest BCUT2D eigenvalue weighted by atomic mass is 9.99. The van der Waals surface area contributed by atoms with Gasteiger partial charge in [-0.3, -0.25) is 14.4 Å². The third kappa shape index (κ3) is 6.17. The van der Waals surface area contributed by atoms with E-state index in [0.29, 0.717) is 17.8 Å². The molecule has 1 saturated carbocycles. The number of hydrogen-bond donors (Lipinski definition) is 1. The fourth-order valence-corrected chi connectivity index (χ4v) is 4.12. The van der Waals surface area contributed by atoms with E-state index in [9.17, 15) is 4.79 Å². The molecule has 31 heavy (non-hydrogen) atoms. The second-order valence-corrected chi connectivity index (χ2v) is 8.94. The van der Waals surface area contributed by atoms with E-state index in [-0.39, 0.29) is 5.91 Å². The fraction of sp³-hybridized carbons (Fsp3) is 0.542. The fourth-order valence-electron chi connectivity index (χ4n) is 4.12. The maximum absolute atomic E-state index is 12.1. The van der Waals surface area contributed by atoms with Crippen molar-refractivity contribution in [3.8, 4) is 0 Å². The van der Waals surface area contributed by atoms with Crippen molar-refractivity contribution in [2.75, 3.05) is 32.1 Å². The summed E-state index contributed by atoms with van der Waals surface area (Å²) in [7, 11) is 4.12. The van der Waals surface area contributed by atoms with E-state index < -0.39 is 0 Å². The highest BCUT2D eigenvalue weighted by molar-refractivity contribution is 5.92. The largest absolute Gasteiger partial charge is 0.378 e. The molecule has 1 amide bonds. The third-order valence-corrected chi connectivity index (χ3v) is 6.18. The molecule has 1 aliphatic carbocycles. The van der Waals surface area contributed by atoms with Gasteiger partial charge in [-0.2, -0.15) is 0 Å². The van der Waals surface area contributed by atoms with Gasteiger partial charge in [-0.1, -0.05) is 35.9 Å². The number of rotatable bonds is 9. The average molecular weight is 423 g/mol. The highest BCUT2D eigenvalue weighted by Gasteiger charge is 2.25. The van der Waals surface area contributed by atoms with E-state index in [0.717, 1.165) is 38.9 Å². The van der Waals surface area contributed by atoms with Gasteiger partial charge in [0.25, 0.3) is 5.91 Å². The number of carbonyl (C=O) groups is 1. The van der Waals surface area contributed by atoms with Crippen molar-refractivity contribution in [3.05, 3.63) is 47.8 Å². The summed E-state index contributed by atoms with van der Waals surface area (Å²) in [6, 6.07) is 9.53. The van der Waals surface area contributed by atoms with E-state index in [1.807, 2.05) is 4.68 Å². The second-order valence-electron chi connectivity index (χ2n) is 8.94. The molecule has 2 fully saturated rings. The molecule has 0 radical (unpaired) electrons. The topological polar surface area (TPSA) is 66.3 Å². The summed E-state index contributed by atoms with van der Waals surface area (Å²) in [5, 5.41) is 11.2. The molecule has 2 aliphatic rings. The molecule has 0 bridgehead atoms. The first kappa shape index (κ1) is 21.6. The number of aryl methyl sites for hydroxylation is 1. The average Bonchev–Trinajstić information content (AvgIpc) is 3.46. The van der Waals surface area contributed by atoms with Crippen LogP contribution in [0.15, 0.2) is 36.5 Å². The molecule has 1 N–H and O–H groups in total. The number of piperidine rings is 1. The van der Waals surface area contributed by atoms with Crippen LogP contribution >= 0.6 is 0 Å². The lowest BCUT2D eigenvalue weighted by Crippen LogP contribution is -2.40. The van der Waals surface area contributed by atoms with Crippen LogP contribution in [-0.4, -0.2) is 65.1 Å². The predicted octanol–water partition coefficient (Wildman–Crippen LogP) is 3.19. The molecule has 0 spiro atoms. The molecule has 1 saturated heterocycles. The summed E-state index contributed by atoms with van der Waals surface area (Å²) < 4.78 is 1.82. The van der Waals surface area contributed by atoms with Gasteiger partial charge in [0, 0.05) is 45.0 Å². The van der Waals surface area contributed by atoms with Crippen molar-refractivity contribution in [1.82, 2.24) is 25.2 Å². The Morgan fingerprint density at radius 1 is 1.19 bits per heavy atom. The maximum Gasteiger partial charge on any atom is 0.273 e. The Hall–Kier alpha value is -2.67. The first-order valence-corrected chi connectivity index (χ1v) is 11.5. The number of carbonyl (C=O) groups excluding carboxylic acids is 1. The van der Waals surface area contributed by atoms with E-state index >= 15 is 0 Å². The molecule has 1 atom stereocenters. The van der Waals surface area contributed by atoms with Crippen LogP contribution in [0.3, 0.4) is 0 Å². The van der Waals surface area contributed by atoms with Crippen molar-refractivity contribution < 1.29 is 4.79 Å². The highest BCUT2D eigenvalue weighted by Crippen LogP contribution is 2.21. The van der Waals surface area contributed by atoms with E-state index in [1.165, 1.54) is 30.5 Å². The molecule has 7 heteroatoms. The molecule has 1 aromatic carbocycles. The Kier molecular flexibility index (Phi) is 7.02. The standard InChI is InChI=1S/C24H34N6O/c1-28(2)21-12-8-19(9-13-21)6-5-16-29-15-4-3-7-22(29)14-17-30-18-23(26-27-30)24(31)25-20-10-11-20/h5-6,8-9,12-13,18,20,22H,3-4,7,10-11,14-17H2,1-2H3,(H,25,31)/b6-5+/t22-/m1/s1. The van der Waals surface area contributed by atoms with Crippen molar-refractivity contribution in [1.29, 1.82) is 0 Å². The Morgan fingerprint density at radius 3 is 2.74 bits per heavy atom. The number of anilines is 1. The molecule has 0 unspecified atom stereocenters. The molecular weight excluding hydrogens is 388 g/mol. The van der Waals surface area contributed by atoms with Gasteiger partial charge in [0.2, 0.25) is 0 Å². The Labute approximate surface area is 185 Å². The lowest BCUT2D eigenvalue weighted by Gasteiger charge is -2.35. The summed E-state index contributed by atoms with van der Waals surface area (Å²) in [5.41, 5.74) is 2.88. The van der Waals surface area contributed by atoms with Crippen molar-refractivity contribution in [2.45, 2.75) is 57.2 Å². The van der Waals surface area contributed by atoms with Crippen LogP contribution in [0.5, 0.6) is 0 Å². The number of benzene rings is 1. The Balaban J connectivity index is 1.27. The zero-order valence-corrected chi connectivity index (χ0v) is 18.7. The van der Waals surface area contributed by atoms with Gasteiger partial charge in [-0.25, -0.2) is 0 Å². The van der Waals surface area contributed by atoms with Crippen LogP contribution in [-0.2, 0) is 6.54 Å². The van der Waals surface area contributed by atoms with E-state index in [1.54, 1.807) is 6.20 Å². The number of nitrogens with one attached hydrogen (secondary N) is 1. The quantitative estimate of drug-likeness (QED) is 0.672. The summed E-state index contributed by atoms with van der Waals surface area (Å²) in [6.07, 6.45) is 13.2. The number of nitrogens with zero attached hydrogens (tertiary/aromatic N) is 5. The van der Waals surface area contributed by atoms with Crippen LogP contribution in [0.25, 0.3) is 6.08 Å². The SMILES string of the molecule is CN(C)c1ccc(/C=C/CN2CCCC[C@@H]2CCn2cc(C(=O)NC3CC3)nn2)cc1. The first-order chi connectivity index (χ1) is 15.1. The maximum atomic E-state index is 12.1. The van der Waals surface area contributed by atoms with Crippen molar-refractivity contribution in [3.63, 3.8) is 0 Å². The monoisotopic (exact) mass is 422 g/mol. The molecule has 1 aliphatic heterocycles. The van der Waals surface area contributed by atoms with Gasteiger partial charge < -0.3 is 10.2 Å². The van der Waals surface area contributed by atoms with Crippen LogP contribution in [0.1, 0.15) is 54.6 Å². The van der Waals surface area contributed by atoms with Crippen LogP contribution in [0, 0.1) is 0 Å². The third-order valence-electron chi connectivity index (χ3n) is 6.18. The highest BCUT2D eigenvalue weighted by atomic mass is 16.2. The lowest BCUT2D eigenvalue weighted by molar-refractivity contribution is 0.0946. The molecule has 4 rings (SSSR count). The van der Waals surface area contributed by atoms with E-state index in [2.05, 4.69) is 75.9 Å². The van der Waals surface area contributed by atoms with Crippen LogP contribution in [0.2, 0.25) is 0 Å². The zero-order chi connectivity index (χ0) is 21.6. The van der Waals surface area contributed by atoms with Gasteiger partial charge in [0.1, 0.15) is 0 Å².